The molecule has 0 saturated heterocycles. The number of carbonyl (C=O) groups is 2. The molecule has 4 rings (SSSR count). The molecular weight excluding hydrogens is 492 g/mol. The SMILES string of the molecule is Cc1cc2c(c(C)c1Cl)C(c1ccccn1)=N[C@@H](CCC(=O)OC(C)C(=O)OC(C)C)c1ncc(C)n1-2. The number of halogens is 1. The van der Waals surface area contributed by atoms with Gasteiger partial charge in [-0.3, -0.25) is 19.3 Å². The summed E-state index contributed by atoms with van der Waals surface area (Å²) in [4.78, 5) is 39.1. The third-order valence-electron chi connectivity index (χ3n) is 6.21. The van der Waals surface area contributed by atoms with Crippen LogP contribution in [-0.4, -0.2) is 44.4 Å². The molecule has 37 heavy (non-hydrogen) atoms. The predicted molar refractivity (Wildman–Crippen MR) is 141 cm³/mol. The van der Waals surface area contributed by atoms with Crippen molar-refractivity contribution in [2.24, 2.45) is 4.99 Å². The molecule has 0 aliphatic carbocycles. The van der Waals surface area contributed by atoms with Gasteiger partial charge in [0.1, 0.15) is 11.9 Å². The van der Waals surface area contributed by atoms with Crippen LogP contribution in [0.2, 0.25) is 5.02 Å². The van der Waals surface area contributed by atoms with Crippen molar-refractivity contribution in [1.82, 2.24) is 14.5 Å². The second-order valence-electron chi connectivity index (χ2n) is 9.48. The molecule has 8 nitrogen and oxygen atoms in total. The number of carbonyl (C=O) groups excluding carboxylic acids is 2. The Bertz CT molecular complexity index is 1360. The van der Waals surface area contributed by atoms with Gasteiger partial charge in [-0.2, -0.15) is 0 Å². The van der Waals surface area contributed by atoms with Gasteiger partial charge in [0, 0.05) is 35.1 Å². The first-order chi connectivity index (χ1) is 17.6. The zero-order valence-electron chi connectivity index (χ0n) is 21.9. The summed E-state index contributed by atoms with van der Waals surface area (Å²) >= 11 is 6.71. The lowest BCUT2D eigenvalue weighted by Gasteiger charge is -2.18. The van der Waals surface area contributed by atoms with Crippen LogP contribution in [-0.2, 0) is 19.1 Å². The Morgan fingerprint density at radius 1 is 1.11 bits per heavy atom. The number of aromatic nitrogens is 3. The molecule has 1 aliphatic rings. The number of esters is 2. The largest absolute Gasteiger partial charge is 0.460 e. The van der Waals surface area contributed by atoms with Crippen molar-refractivity contribution in [3.63, 3.8) is 0 Å². The van der Waals surface area contributed by atoms with Crippen LogP contribution < -0.4 is 0 Å². The van der Waals surface area contributed by atoms with Gasteiger partial charge >= 0.3 is 11.9 Å². The Morgan fingerprint density at radius 2 is 1.86 bits per heavy atom. The number of hydrogen-bond donors (Lipinski definition) is 0. The molecule has 1 aromatic carbocycles. The van der Waals surface area contributed by atoms with Crippen LogP contribution in [0.5, 0.6) is 0 Å². The molecular formula is C28H31ClN4O4. The zero-order valence-corrected chi connectivity index (χ0v) is 22.7. The van der Waals surface area contributed by atoms with E-state index in [1.807, 2.05) is 45.0 Å². The molecule has 0 bridgehead atoms. The molecule has 0 saturated carbocycles. The molecule has 0 spiro atoms. The number of pyridine rings is 1. The highest BCUT2D eigenvalue weighted by Crippen LogP contribution is 2.38. The Morgan fingerprint density at radius 3 is 2.54 bits per heavy atom. The summed E-state index contributed by atoms with van der Waals surface area (Å²) in [5.74, 6) is -0.363. The van der Waals surface area contributed by atoms with Gasteiger partial charge in [0.25, 0.3) is 0 Å². The van der Waals surface area contributed by atoms with E-state index >= 15 is 0 Å². The van der Waals surface area contributed by atoms with Gasteiger partial charge in [-0.25, -0.2) is 9.78 Å². The molecule has 0 radical (unpaired) electrons. The van der Waals surface area contributed by atoms with Crippen LogP contribution in [0.15, 0.2) is 41.7 Å². The molecule has 194 valence electrons. The lowest BCUT2D eigenvalue weighted by molar-refractivity contribution is -0.169. The van der Waals surface area contributed by atoms with Crippen LogP contribution in [0, 0.1) is 20.8 Å². The van der Waals surface area contributed by atoms with Gasteiger partial charge in [0.2, 0.25) is 0 Å². The first-order valence-corrected chi connectivity index (χ1v) is 12.7. The minimum absolute atomic E-state index is 0.0456. The smallest absolute Gasteiger partial charge is 0.347 e. The average molecular weight is 523 g/mol. The van der Waals surface area contributed by atoms with Crippen molar-refractivity contribution in [2.45, 2.75) is 72.6 Å². The molecule has 3 heterocycles. The van der Waals surface area contributed by atoms with Crippen molar-refractivity contribution in [1.29, 1.82) is 0 Å². The fourth-order valence-electron chi connectivity index (χ4n) is 4.47. The lowest BCUT2D eigenvalue weighted by atomic mass is 9.96. The van der Waals surface area contributed by atoms with Gasteiger partial charge in [-0.05, 0) is 77.3 Å². The van der Waals surface area contributed by atoms with Crippen molar-refractivity contribution >= 4 is 29.3 Å². The summed E-state index contributed by atoms with van der Waals surface area (Å²) in [6.07, 6.45) is 2.62. The average Bonchev–Trinajstić information content (AvgIpc) is 3.17. The summed E-state index contributed by atoms with van der Waals surface area (Å²) < 4.78 is 12.5. The zero-order chi connectivity index (χ0) is 26.9. The third kappa shape index (κ3) is 5.44. The molecule has 2 atom stereocenters. The van der Waals surface area contributed by atoms with E-state index in [9.17, 15) is 9.59 Å². The number of ether oxygens (including phenoxy) is 2. The molecule has 0 amide bonds. The first kappa shape index (κ1) is 26.5. The molecule has 2 aromatic heterocycles. The monoisotopic (exact) mass is 522 g/mol. The number of benzene rings is 1. The summed E-state index contributed by atoms with van der Waals surface area (Å²) in [7, 11) is 0. The third-order valence-corrected chi connectivity index (χ3v) is 6.79. The summed E-state index contributed by atoms with van der Waals surface area (Å²) in [6, 6.07) is 7.26. The fraction of sp³-hybridized carbons (Fsp3) is 0.393. The van der Waals surface area contributed by atoms with Gasteiger partial charge in [-0.15, -0.1) is 0 Å². The summed E-state index contributed by atoms with van der Waals surface area (Å²) in [6.45, 7) is 10.9. The quantitative estimate of drug-likeness (QED) is 0.385. The van der Waals surface area contributed by atoms with E-state index in [-0.39, 0.29) is 12.5 Å². The number of aryl methyl sites for hydroxylation is 2. The van der Waals surface area contributed by atoms with Crippen LogP contribution in [0.1, 0.15) is 73.6 Å². The van der Waals surface area contributed by atoms with E-state index in [4.69, 9.17) is 26.1 Å². The number of aliphatic imine (C=N–C) groups is 1. The number of fused-ring (bicyclic) bond motifs is 3. The Kier molecular flexibility index (Phi) is 7.78. The summed E-state index contributed by atoms with van der Waals surface area (Å²) in [5, 5.41) is 0.672. The maximum atomic E-state index is 12.7. The number of nitrogens with zero attached hydrogens (tertiary/aromatic N) is 4. The van der Waals surface area contributed by atoms with E-state index in [2.05, 4.69) is 14.5 Å². The molecule has 1 unspecified atom stereocenters. The summed E-state index contributed by atoms with van der Waals surface area (Å²) in [5.41, 5.74) is 5.97. The maximum Gasteiger partial charge on any atom is 0.347 e. The van der Waals surface area contributed by atoms with Gasteiger partial charge in [0.05, 0.1) is 23.2 Å². The molecule has 0 N–H and O–H groups in total. The van der Waals surface area contributed by atoms with E-state index in [1.54, 1.807) is 26.2 Å². The number of imidazole rings is 1. The Labute approximate surface area is 221 Å². The normalized spacial score (nSPS) is 15.4. The second-order valence-corrected chi connectivity index (χ2v) is 9.86. The van der Waals surface area contributed by atoms with E-state index in [1.165, 1.54) is 6.92 Å². The van der Waals surface area contributed by atoms with E-state index < -0.39 is 24.1 Å². The predicted octanol–water partition coefficient (Wildman–Crippen LogP) is 5.40. The van der Waals surface area contributed by atoms with E-state index in [0.717, 1.165) is 28.1 Å². The molecule has 3 aromatic rings. The van der Waals surface area contributed by atoms with Crippen LogP contribution in [0.25, 0.3) is 5.69 Å². The van der Waals surface area contributed by atoms with Crippen molar-refractivity contribution in [3.8, 4) is 5.69 Å². The first-order valence-electron chi connectivity index (χ1n) is 12.3. The standard InChI is InChI=1S/C28H31ClN4O4/c1-15(2)36-28(35)19(6)37-23(34)11-10-21-27-31-14-17(4)33(27)22-13-16(3)25(29)18(5)24(22)26(32-21)20-9-7-8-12-30-20/h7-9,12-15,19,21H,10-11H2,1-6H3/t19?,21-/m0/s1. The highest BCUT2D eigenvalue weighted by atomic mass is 35.5. The molecule has 0 fully saturated rings. The van der Waals surface area contributed by atoms with Gasteiger partial charge < -0.3 is 9.47 Å². The van der Waals surface area contributed by atoms with Crippen LogP contribution in [0.4, 0.5) is 0 Å². The molecule has 9 heteroatoms. The van der Waals surface area contributed by atoms with Crippen LogP contribution in [0.3, 0.4) is 0 Å². The highest BCUT2D eigenvalue weighted by molar-refractivity contribution is 6.33. The van der Waals surface area contributed by atoms with Gasteiger partial charge in [-0.1, -0.05) is 17.7 Å². The number of rotatable bonds is 7. The topological polar surface area (TPSA) is 95.7 Å². The minimum Gasteiger partial charge on any atom is -0.460 e. The van der Waals surface area contributed by atoms with Crippen molar-refractivity contribution in [2.75, 3.05) is 0 Å². The second kappa shape index (κ2) is 10.8. The lowest BCUT2D eigenvalue weighted by Crippen LogP contribution is -2.28. The number of hydrogen-bond acceptors (Lipinski definition) is 7. The van der Waals surface area contributed by atoms with E-state index in [0.29, 0.717) is 28.7 Å². The minimum atomic E-state index is -0.988. The maximum absolute atomic E-state index is 12.7. The van der Waals surface area contributed by atoms with Crippen LogP contribution >= 0.6 is 11.6 Å². The Hall–Kier alpha value is -3.52. The Balaban J connectivity index is 1.73. The molecule has 1 aliphatic heterocycles. The van der Waals surface area contributed by atoms with Gasteiger partial charge in [0.15, 0.2) is 6.10 Å². The van der Waals surface area contributed by atoms with Crippen molar-refractivity contribution in [3.05, 3.63) is 75.6 Å². The van der Waals surface area contributed by atoms with Crippen molar-refractivity contribution < 1.29 is 19.1 Å². The fourth-order valence-corrected chi connectivity index (χ4v) is 4.62. The highest BCUT2D eigenvalue weighted by Gasteiger charge is 2.31.